The van der Waals surface area contributed by atoms with Gasteiger partial charge in [-0.15, -0.1) is 0 Å². The summed E-state index contributed by atoms with van der Waals surface area (Å²) in [7, 11) is 1.62. The third-order valence-corrected chi connectivity index (χ3v) is 5.00. The van der Waals surface area contributed by atoms with Crippen molar-refractivity contribution in [3.8, 4) is 0 Å². The van der Waals surface area contributed by atoms with Gasteiger partial charge >= 0.3 is 5.97 Å². The Balaban J connectivity index is 1.66. The van der Waals surface area contributed by atoms with E-state index in [1.165, 1.54) is 11.0 Å². The number of rotatable bonds is 7. The van der Waals surface area contributed by atoms with E-state index in [9.17, 15) is 14.4 Å². The molecule has 0 spiro atoms. The molecule has 31 heavy (non-hydrogen) atoms. The van der Waals surface area contributed by atoms with Crippen LogP contribution in [0.3, 0.4) is 0 Å². The van der Waals surface area contributed by atoms with Gasteiger partial charge in [0.05, 0.1) is 5.56 Å². The van der Waals surface area contributed by atoms with Crippen LogP contribution in [0, 0.1) is 6.92 Å². The molecule has 0 unspecified atom stereocenters. The van der Waals surface area contributed by atoms with Crippen molar-refractivity contribution in [2.24, 2.45) is 0 Å². The second-order valence-electron chi connectivity index (χ2n) is 7.20. The van der Waals surface area contributed by atoms with Gasteiger partial charge < -0.3 is 9.64 Å². The van der Waals surface area contributed by atoms with Gasteiger partial charge in [0.15, 0.2) is 12.4 Å². The number of nitrogens with zero attached hydrogens (tertiary/aromatic N) is 1. The zero-order valence-electron chi connectivity index (χ0n) is 17.3. The molecule has 6 heteroatoms. The molecule has 0 aliphatic rings. The lowest BCUT2D eigenvalue weighted by Gasteiger charge is -2.17. The second kappa shape index (κ2) is 10.0. The molecule has 0 N–H and O–H groups in total. The summed E-state index contributed by atoms with van der Waals surface area (Å²) in [6.45, 7) is 1.84. The summed E-state index contributed by atoms with van der Waals surface area (Å²) < 4.78 is 5.21. The summed E-state index contributed by atoms with van der Waals surface area (Å²) in [6, 6.07) is 20.7. The summed E-state index contributed by atoms with van der Waals surface area (Å²) in [5.41, 5.74) is 2.73. The molecular weight excluding hydrogens is 414 g/mol. The highest BCUT2D eigenvalue weighted by Crippen LogP contribution is 2.17. The molecule has 0 atom stereocenters. The van der Waals surface area contributed by atoms with Crippen molar-refractivity contribution in [3.63, 3.8) is 0 Å². The Hall–Kier alpha value is -3.44. The summed E-state index contributed by atoms with van der Waals surface area (Å²) in [6.07, 6.45) is 0. The first-order valence-electron chi connectivity index (χ1n) is 9.71. The molecule has 0 saturated carbocycles. The number of esters is 1. The highest BCUT2D eigenvalue weighted by atomic mass is 35.5. The second-order valence-corrected chi connectivity index (χ2v) is 7.63. The van der Waals surface area contributed by atoms with Crippen LogP contribution in [-0.4, -0.2) is 36.2 Å². The highest BCUT2D eigenvalue weighted by molar-refractivity contribution is 6.30. The number of benzene rings is 3. The molecular formula is C25H22ClNO4. The molecule has 5 nitrogen and oxygen atoms in total. The topological polar surface area (TPSA) is 63.7 Å². The van der Waals surface area contributed by atoms with Gasteiger partial charge in [0.2, 0.25) is 0 Å². The third kappa shape index (κ3) is 5.80. The van der Waals surface area contributed by atoms with Gasteiger partial charge in [-0.3, -0.25) is 9.59 Å². The zero-order chi connectivity index (χ0) is 22.4. The highest BCUT2D eigenvalue weighted by Gasteiger charge is 2.20. The molecule has 3 aromatic rings. The maximum absolute atomic E-state index is 12.9. The lowest BCUT2D eigenvalue weighted by molar-refractivity contribution is -0.133. The SMILES string of the molecule is Cc1ccc(C(=O)c2ccccc2C(=O)OCC(=O)N(C)Cc2cccc(Cl)c2)cc1. The average molecular weight is 436 g/mol. The molecule has 0 aliphatic heterocycles. The minimum atomic E-state index is -0.722. The van der Waals surface area contributed by atoms with Crippen molar-refractivity contribution >= 4 is 29.3 Å². The maximum atomic E-state index is 12.9. The van der Waals surface area contributed by atoms with Crippen LogP contribution in [-0.2, 0) is 16.1 Å². The van der Waals surface area contributed by atoms with E-state index in [-0.39, 0.29) is 22.8 Å². The number of amides is 1. The van der Waals surface area contributed by atoms with E-state index in [0.717, 1.165) is 11.1 Å². The molecule has 158 valence electrons. The van der Waals surface area contributed by atoms with Crippen molar-refractivity contribution in [2.45, 2.75) is 13.5 Å². The summed E-state index contributed by atoms with van der Waals surface area (Å²) in [5, 5.41) is 0.583. The van der Waals surface area contributed by atoms with Crippen LogP contribution in [0.1, 0.15) is 37.4 Å². The van der Waals surface area contributed by atoms with Crippen LogP contribution in [0.4, 0.5) is 0 Å². The Morgan fingerprint density at radius 2 is 1.58 bits per heavy atom. The minimum absolute atomic E-state index is 0.123. The Kier molecular flexibility index (Phi) is 7.21. The van der Waals surface area contributed by atoms with Gasteiger partial charge in [-0.05, 0) is 30.7 Å². The smallest absolute Gasteiger partial charge is 0.339 e. The average Bonchev–Trinajstić information content (AvgIpc) is 2.77. The van der Waals surface area contributed by atoms with E-state index in [4.69, 9.17) is 16.3 Å². The molecule has 0 bridgehead atoms. The quantitative estimate of drug-likeness (QED) is 0.399. The van der Waals surface area contributed by atoms with Gasteiger partial charge in [-0.25, -0.2) is 4.79 Å². The van der Waals surface area contributed by atoms with Crippen LogP contribution in [0.25, 0.3) is 0 Å². The van der Waals surface area contributed by atoms with Crippen molar-refractivity contribution in [1.29, 1.82) is 0 Å². The predicted molar refractivity (Wildman–Crippen MR) is 119 cm³/mol. The first-order valence-corrected chi connectivity index (χ1v) is 10.1. The van der Waals surface area contributed by atoms with Crippen molar-refractivity contribution in [2.75, 3.05) is 13.7 Å². The number of ketones is 1. The Morgan fingerprint density at radius 3 is 2.26 bits per heavy atom. The van der Waals surface area contributed by atoms with Gasteiger partial charge in [0.1, 0.15) is 0 Å². The fourth-order valence-electron chi connectivity index (χ4n) is 3.03. The first kappa shape index (κ1) is 22.2. The van der Waals surface area contributed by atoms with Crippen molar-refractivity contribution in [1.82, 2.24) is 4.90 Å². The van der Waals surface area contributed by atoms with Crippen molar-refractivity contribution in [3.05, 3.63) is 106 Å². The molecule has 1 amide bonds. The largest absolute Gasteiger partial charge is 0.452 e. The van der Waals surface area contributed by atoms with E-state index in [1.807, 2.05) is 25.1 Å². The van der Waals surface area contributed by atoms with Crippen LogP contribution >= 0.6 is 11.6 Å². The summed E-state index contributed by atoms with van der Waals surface area (Å²) in [5.74, 6) is -1.37. The van der Waals surface area contributed by atoms with Crippen LogP contribution < -0.4 is 0 Å². The third-order valence-electron chi connectivity index (χ3n) is 4.77. The molecule has 0 radical (unpaired) electrons. The lowest BCUT2D eigenvalue weighted by Crippen LogP contribution is -2.31. The summed E-state index contributed by atoms with van der Waals surface area (Å²) >= 11 is 5.97. The molecule has 0 heterocycles. The normalized spacial score (nSPS) is 10.4. The summed E-state index contributed by atoms with van der Waals surface area (Å²) in [4.78, 5) is 39.3. The minimum Gasteiger partial charge on any atom is -0.452 e. The molecule has 0 aromatic heterocycles. The fourth-order valence-corrected chi connectivity index (χ4v) is 3.25. The number of aryl methyl sites for hydroxylation is 1. The predicted octanol–water partition coefficient (Wildman–Crippen LogP) is 4.69. The monoisotopic (exact) mass is 435 g/mol. The van der Waals surface area contributed by atoms with Gasteiger partial charge in [-0.1, -0.05) is 71.8 Å². The van der Waals surface area contributed by atoms with Gasteiger partial charge in [0.25, 0.3) is 5.91 Å². The molecule has 0 fully saturated rings. The number of likely N-dealkylation sites (N-methyl/N-ethyl adjacent to an activating group) is 1. The van der Waals surface area contributed by atoms with Gasteiger partial charge in [0, 0.05) is 29.7 Å². The standard InChI is InChI=1S/C25H22ClNO4/c1-17-10-12-19(13-11-17)24(29)21-8-3-4-9-22(21)25(30)31-16-23(28)27(2)15-18-6-5-7-20(26)14-18/h3-14H,15-16H2,1-2H3. The Bertz CT molecular complexity index is 1110. The zero-order valence-corrected chi connectivity index (χ0v) is 18.1. The number of carbonyl (C=O) groups is 3. The number of ether oxygens (including phenoxy) is 1. The molecule has 0 saturated heterocycles. The molecule has 3 rings (SSSR count). The van der Waals surface area contributed by atoms with E-state index >= 15 is 0 Å². The Morgan fingerprint density at radius 1 is 0.903 bits per heavy atom. The lowest BCUT2D eigenvalue weighted by atomic mass is 9.98. The molecule has 3 aromatic carbocycles. The molecule has 0 aliphatic carbocycles. The van der Waals surface area contributed by atoms with E-state index in [0.29, 0.717) is 17.1 Å². The van der Waals surface area contributed by atoms with E-state index in [2.05, 4.69) is 0 Å². The first-order chi connectivity index (χ1) is 14.8. The number of carbonyl (C=O) groups excluding carboxylic acids is 3. The van der Waals surface area contributed by atoms with Gasteiger partial charge in [-0.2, -0.15) is 0 Å². The van der Waals surface area contributed by atoms with Crippen LogP contribution in [0.2, 0.25) is 5.02 Å². The van der Waals surface area contributed by atoms with E-state index in [1.54, 1.807) is 55.6 Å². The fraction of sp³-hybridized carbons (Fsp3) is 0.160. The van der Waals surface area contributed by atoms with Crippen LogP contribution in [0.5, 0.6) is 0 Å². The number of hydrogen-bond donors (Lipinski definition) is 0. The maximum Gasteiger partial charge on any atom is 0.339 e. The van der Waals surface area contributed by atoms with E-state index < -0.39 is 12.6 Å². The van der Waals surface area contributed by atoms with Crippen molar-refractivity contribution < 1.29 is 19.1 Å². The van der Waals surface area contributed by atoms with Crippen LogP contribution in [0.15, 0.2) is 72.8 Å². The Labute approximate surface area is 186 Å². The number of hydrogen-bond acceptors (Lipinski definition) is 4. The number of halogens is 1.